The van der Waals surface area contributed by atoms with Gasteiger partial charge in [0.25, 0.3) is 5.88 Å². The van der Waals surface area contributed by atoms with Crippen LogP contribution in [0, 0.1) is 5.82 Å². The van der Waals surface area contributed by atoms with Gasteiger partial charge in [0.15, 0.2) is 5.82 Å². The highest BCUT2D eigenvalue weighted by Gasteiger charge is 2.35. The molecule has 1 N–H and O–H groups in total. The number of hydrogen-bond donors (Lipinski definition) is 1. The monoisotopic (exact) mass is 250 g/mol. The summed E-state index contributed by atoms with van der Waals surface area (Å²) in [6.07, 6.45) is 6.18. The SMILES string of the molecule is CCOc1nccc(C2CC3CCC(C2)N3)c1F. The minimum absolute atomic E-state index is 0.154. The van der Waals surface area contributed by atoms with E-state index in [1.807, 2.05) is 13.0 Å². The summed E-state index contributed by atoms with van der Waals surface area (Å²) in [4.78, 5) is 3.96. The molecule has 0 aromatic carbocycles. The van der Waals surface area contributed by atoms with Crippen LogP contribution >= 0.6 is 0 Å². The summed E-state index contributed by atoms with van der Waals surface area (Å²) >= 11 is 0. The van der Waals surface area contributed by atoms with E-state index in [1.165, 1.54) is 12.8 Å². The Morgan fingerprint density at radius 1 is 1.39 bits per heavy atom. The highest BCUT2D eigenvalue weighted by Crippen LogP contribution is 2.39. The van der Waals surface area contributed by atoms with Crippen LogP contribution < -0.4 is 10.1 Å². The number of fused-ring (bicyclic) bond motifs is 2. The maximum atomic E-state index is 14.3. The van der Waals surface area contributed by atoms with Crippen LogP contribution in [0.5, 0.6) is 5.88 Å². The molecular weight excluding hydrogens is 231 g/mol. The van der Waals surface area contributed by atoms with Crippen LogP contribution in [0.3, 0.4) is 0 Å². The smallest absolute Gasteiger partial charge is 0.250 e. The van der Waals surface area contributed by atoms with Gasteiger partial charge in [-0.3, -0.25) is 0 Å². The van der Waals surface area contributed by atoms with E-state index >= 15 is 0 Å². The first-order chi connectivity index (χ1) is 8.78. The first-order valence-electron chi connectivity index (χ1n) is 6.81. The number of nitrogens with one attached hydrogen (secondary N) is 1. The minimum atomic E-state index is -0.259. The van der Waals surface area contributed by atoms with E-state index in [2.05, 4.69) is 10.3 Å². The predicted molar refractivity (Wildman–Crippen MR) is 67.3 cm³/mol. The van der Waals surface area contributed by atoms with Gasteiger partial charge in [-0.05, 0) is 50.2 Å². The second-order valence-electron chi connectivity index (χ2n) is 5.26. The maximum Gasteiger partial charge on any atom is 0.250 e. The molecular formula is C14H19FN2O. The molecule has 2 atom stereocenters. The zero-order valence-electron chi connectivity index (χ0n) is 10.7. The molecule has 0 spiro atoms. The normalized spacial score (nSPS) is 30.4. The third-order valence-corrected chi connectivity index (χ3v) is 4.08. The van der Waals surface area contributed by atoms with Gasteiger partial charge in [0, 0.05) is 18.3 Å². The first-order valence-corrected chi connectivity index (χ1v) is 6.81. The molecule has 2 fully saturated rings. The van der Waals surface area contributed by atoms with Gasteiger partial charge in [-0.2, -0.15) is 0 Å². The highest BCUT2D eigenvalue weighted by molar-refractivity contribution is 5.28. The van der Waals surface area contributed by atoms with E-state index in [-0.39, 0.29) is 11.7 Å². The van der Waals surface area contributed by atoms with Gasteiger partial charge in [-0.15, -0.1) is 0 Å². The Morgan fingerprint density at radius 3 is 2.78 bits per heavy atom. The number of pyridine rings is 1. The molecule has 3 heterocycles. The fourth-order valence-electron chi connectivity index (χ4n) is 3.30. The van der Waals surface area contributed by atoms with Crippen LogP contribution in [-0.2, 0) is 0 Å². The van der Waals surface area contributed by atoms with E-state index in [9.17, 15) is 4.39 Å². The molecule has 2 aliphatic heterocycles. The van der Waals surface area contributed by atoms with Gasteiger partial charge in [0.2, 0.25) is 0 Å². The van der Waals surface area contributed by atoms with Crippen molar-refractivity contribution in [2.45, 2.75) is 50.6 Å². The van der Waals surface area contributed by atoms with Crippen molar-refractivity contribution in [1.29, 1.82) is 0 Å². The lowest BCUT2D eigenvalue weighted by atomic mass is 9.86. The number of rotatable bonds is 3. The second-order valence-corrected chi connectivity index (χ2v) is 5.26. The van der Waals surface area contributed by atoms with Crippen LogP contribution in [0.25, 0.3) is 0 Å². The lowest BCUT2D eigenvalue weighted by Crippen LogP contribution is -2.37. The largest absolute Gasteiger partial charge is 0.476 e. The van der Waals surface area contributed by atoms with Crippen LogP contribution in [-0.4, -0.2) is 23.7 Å². The third-order valence-electron chi connectivity index (χ3n) is 4.08. The predicted octanol–water partition coefficient (Wildman–Crippen LogP) is 2.62. The minimum Gasteiger partial charge on any atom is -0.476 e. The average Bonchev–Trinajstić information content (AvgIpc) is 2.71. The highest BCUT2D eigenvalue weighted by atomic mass is 19.1. The van der Waals surface area contributed by atoms with E-state index < -0.39 is 0 Å². The molecule has 0 amide bonds. The number of aromatic nitrogens is 1. The van der Waals surface area contributed by atoms with Crippen molar-refractivity contribution < 1.29 is 9.13 Å². The summed E-state index contributed by atoms with van der Waals surface area (Å²) in [6, 6.07) is 2.95. The lowest BCUT2D eigenvalue weighted by molar-refractivity contribution is 0.300. The van der Waals surface area contributed by atoms with Crippen molar-refractivity contribution in [1.82, 2.24) is 10.3 Å². The maximum absolute atomic E-state index is 14.3. The molecule has 1 aromatic heterocycles. The van der Waals surface area contributed by atoms with E-state index in [1.54, 1.807) is 6.20 Å². The van der Waals surface area contributed by atoms with Gasteiger partial charge in [0.05, 0.1) is 6.61 Å². The van der Waals surface area contributed by atoms with E-state index in [4.69, 9.17) is 4.74 Å². The van der Waals surface area contributed by atoms with Crippen molar-refractivity contribution in [3.05, 3.63) is 23.6 Å². The molecule has 0 saturated carbocycles. The number of hydrogen-bond acceptors (Lipinski definition) is 3. The standard InChI is InChI=1S/C14H19FN2O/c1-2-18-14-13(15)12(5-6-16-14)9-7-10-3-4-11(8-9)17-10/h5-6,9-11,17H,2-4,7-8H2,1H3. The third kappa shape index (κ3) is 2.09. The summed E-state index contributed by atoms with van der Waals surface area (Å²) in [5.74, 6) is 0.206. The Labute approximate surface area is 107 Å². The molecule has 0 aliphatic carbocycles. The van der Waals surface area contributed by atoms with Crippen LogP contribution in [0.15, 0.2) is 12.3 Å². The van der Waals surface area contributed by atoms with Crippen LogP contribution in [0.4, 0.5) is 4.39 Å². The molecule has 2 bridgehead atoms. The molecule has 2 saturated heterocycles. The second kappa shape index (κ2) is 4.84. The van der Waals surface area contributed by atoms with Crippen molar-refractivity contribution in [3.63, 3.8) is 0 Å². The Bertz CT molecular complexity index is 426. The molecule has 4 heteroatoms. The van der Waals surface area contributed by atoms with E-state index in [0.717, 1.165) is 18.4 Å². The Kier molecular flexibility index (Phi) is 3.20. The summed E-state index contributed by atoms with van der Waals surface area (Å²) in [5, 5.41) is 3.58. The summed E-state index contributed by atoms with van der Waals surface area (Å²) in [5.41, 5.74) is 0.784. The fraction of sp³-hybridized carbons (Fsp3) is 0.643. The quantitative estimate of drug-likeness (QED) is 0.895. The summed E-state index contributed by atoms with van der Waals surface area (Å²) in [7, 11) is 0. The lowest BCUT2D eigenvalue weighted by Gasteiger charge is -2.29. The molecule has 0 radical (unpaired) electrons. The van der Waals surface area contributed by atoms with E-state index in [0.29, 0.717) is 24.6 Å². The van der Waals surface area contributed by atoms with Crippen molar-refractivity contribution in [3.8, 4) is 5.88 Å². The molecule has 1 aromatic rings. The number of nitrogens with zero attached hydrogens (tertiary/aromatic N) is 1. The van der Waals surface area contributed by atoms with Crippen molar-refractivity contribution in [2.24, 2.45) is 0 Å². The van der Waals surface area contributed by atoms with Crippen molar-refractivity contribution >= 4 is 0 Å². The number of halogens is 1. The molecule has 2 aliphatic rings. The van der Waals surface area contributed by atoms with Gasteiger partial charge in [-0.1, -0.05) is 0 Å². The first kappa shape index (κ1) is 11.9. The zero-order valence-corrected chi connectivity index (χ0v) is 10.7. The summed E-state index contributed by atoms with van der Waals surface area (Å²) < 4.78 is 19.5. The topological polar surface area (TPSA) is 34.1 Å². The number of piperidine rings is 1. The van der Waals surface area contributed by atoms with Crippen LogP contribution in [0.2, 0.25) is 0 Å². The molecule has 98 valence electrons. The van der Waals surface area contributed by atoms with Crippen LogP contribution in [0.1, 0.15) is 44.1 Å². The molecule has 2 unspecified atom stereocenters. The molecule has 18 heavy (non-hydrogen) atoms. The Hall–Kier alpha value is -1.16. The van der Waals surface area contributed by atoms with Crippen molar-refractivity contribution in [2.75, 3.05) is 6.61 Å². The number of ether oxygens (including phenoxy) is 1. The Balaban J connectivity index is 1.85. The van der Waals surface area contributed by atoms with Gasteiger partial charge < -0.3 is 10.1 Å². The zero-order chi connectivity index (χ0) is 12.5. The fourth-order valence-corrected chi connectivity index (χ4v) is 3.30. The van der Waals surface area contributed by atoms with Gasteiger partial charge in [-0.25, -0.2) is 9.37 Å². The van der Waals surface area contributed by atoms with Gasteiger partial charge in [0.1, 0.15) is 0 Å². The molecule has 3 nitrogen and oxygen atoms in total. The van der Waals surface area contributed by atoms with Gasteiger partial charge >= 0.3 is 0 Å². The summed E-state index contributed by atoms with van der Waals surface area (Å²) in [6.45, 7) is 2.30. The average molecular weight is 250 g/mol. The Morgan fingerprint density at radius 2 is 2.11 bits per heavy atom. The molecule has 3 rings (SSSR count).